The summed E-state index contributed by atoms with van der Waals surface area (Å²) in [7, 11) is 0. The van der Waals surface area contributed by atoms with Crippen molar-refractivity contribution in [2.24, 2.45) is 5.92 Å². The summed E-state index contributed by atoms with van der Waals surface area (Å²) < 4.78 is 0. The monoisotopic (exact) mass is 365 g/mol. The summed E-state index contributed by atoms with van der Waals surface area (Å²) in [6, 6.07) is 16.8. The summed E-state index contributed by atoms with van der Waals surface area (Å²) >= 11 is 0. The number of carbonyl (C=O) groups excluding carboxylic acids is 3. The molecule has 3 N–H and O–H groups in total. The minimum Gasteiger partial charge on any atom is -0.350 e. The van der Waals surface area contributed by atoms with Gasteiger partial charge in [-0.2, -0.15) is 0 Å². The van der Waals surface area contributed by atoms with Crippen LogP contribution in [0.5, 0.6) is 0 Å². The van der Waals surface area contributed by atoms with Gasteiger partial charge in [0.15, 0.2) is 0 Å². The SMILES string of the molecule is O=C(CNC(=O)Cc1ccccc1)NCc1cccc(NC(=O)C2CC2)c1. The molecule has 1 fully saturated rings. The summed E-state index contributed by atoms with van der Waals surface area (Å²) in [4.78, 5) is 35.6. The van der Waals surface area contributed by atoms with Crippen LogP contribution in [-0.2, 0) is 27.3 Å². The predicted molar refractivity (Wildman–Crippen MR) is 103 cm³/mol. The van der Waals surface area contributed by atoms with Crippen LogP contribution >= 0.6 is 0 Å². The van der Waals surface area contributed by atoms with E-state index in [1.165, 1.54) is 0 Å². The third-order valence-electron chi connectivity index (χ3n) is 4.29. The van der Waals surface area contributed by atoms with Gasteiger partial charge in [-0.15, -0.1) is 0 Å². The van der Waals surface area contributed by atoms with E-state index in [9.17, 15) is 14.4 Å². The molecule has 2 aromatic carbocycles. The van der Waals surface area contributed by atoms with Crippen molar-refractivity contribution in [3.8, 4) is 0 Å². The standard InChI is InChI=1S/C21H23N3O3/c25-19(12-15-5-2-1-3-6-15)23-14-20(26)22-13-16-7-4-8-18(11-16)24-21(27)17-9-10-17/h1-8,11,17H,9-10,12-14H2,(H,22,26)(H,23,25)(H,24,27). The molecule has 1 saturated carbocycles. The number of rotatable bonds is 8. The van der Waals surface area contributed by atoms with Crippen LogP contribution in [0.4, 0.5) is 5.69 Å². The number of nitrogens with one attached hydrogen (secondary N) is 3. The fraction of sp³-hybridized carbons (Fsp3) is 0.286. The summed E-state index contributed by atoms with van der Waals surface area (Å²) in [5.41, 5.74) is 2.52. The van der Waals surface area contributed by atoms with Crippen LogP contribution in [0.3, 0.4) is 0 Å². The number of amides is 3. The molecule has 6 heteroatoms. The Balaban J connectivity index is 1.39. The van der Waals surface area contributed by atoms with E-state index in [-0.39, 0.29) is 36.6 Å². The molecule has 0 spiro atoms. The van der Waals surface area contributed by atoms with Gasteiger partial charge in [0, 0.05) is 18.2 Å². The normalized spacial score (nSPS) is 12.9. The van der Waals surface area contributed by atoms with E-state index >= 15 is 0 Å². The molecule has 2 aromatic rings. The number of hydrogen-bond acceptors (Lipinski definition) is 3. The van der Waals surface area contributed by atoms with Gasteiger partial charge in [-0.3, -0.25) is 14.4 Å². The molecule has 0 aliphatic heterocycles. The summed E-state index contributed by atoms with van der Waals surface area (Å²) in [5, 5.41) is 8.27. The molecule has 0 heterocycles. The lowest BCUT2D eigenvalue weighted by Crippen LogP contribution is -2.37. The molecule has 1 aliphatic rings. The van der Waals surface area contributed by atoms with Gasteiger partial charge in [0.1, 0.15) is 0 Å². The highest BCUT2D eigenvalue weighted by molar-refractivity contribution is 5.94. The molecule has 6 nitrogen and oxygen atoms in total. The molecule has 3 amide bonds. The van der Waals surface area contributed by atoms with Crippen molar-refractivity contribution in [2.75, 3.05) is 11.9 Å². The number of anilines is 1. The van der Waals surface area contributed by atoms with Crippen molar-refractivity contribution in [1.29, 1.82) is 0 Å². The van der Waals surface area contributed by atoms with Crippen LogP contribution in [0.1, 0.15) is 24.0 Å². The highest BCUT2D eigenvalue weighted by Gasteiger charge is 2.29. The third kappa shape index (κ3) is 6.26. The van der Waals surface area contributed by atoms with E-state index in [1.807, 2.05) is 54.6 Å². The predicted octanol–water partition coefficient (Wildman–Crippen LogP) is 2.01. The smallest absolute Gasteiger partial charge is 0.239 e. The Hall–Kier alpha value is -3.15. The molecule has 140 valence electrons. The molecular weight excluding hydrogens is 342 g/mol. The maximum Gasteiger partial charge on any atom is 0.239 e. The molecule has 0 bridgehead atoms. The Morgan fingerprint density at radius 3 is 2.33 bits per heavy atom. The lowest BCUT2D eigenvalue weighted by atomic mass is 10.1. The first-order valence-electron chi connectivity index (χ1n) is 9.07. The largest absolute Gasteiger partial charge is 0.350 e. The third-order valence-corrected chi connectivity index (χ3v) is 4.29. The molecule has 27 heavy (non-hydrogen) atoms. The van der Waals surface area contributed by atoms with Crippen molar-refractivity contribution < 1.29 is 14.4 Å². The number of hydrogen-bond donors (Lipinski definition) is 3. The minimum atomic E-state index is -0.260. The van der Waals surface area contributed by atoms with Gasteiger partial charge in [0.2, 0.25) is 17.7 Å². The Labute approximate surface area is 158 Å². The van der Waals surface area contributed by atoms with Crippen molar-refractivity contribution in [3.05, 3.63) is 65.7 Å². The first-order valence-corrected chi connectivity index (χ1v) is 9.07. The lowest BCUT2D eigenvalue weighted by Gasteiger charge is -2.09. The average molecular weight is 365 g/mol. The van der Waals surface area contributed by atoms with Crippen LogP contribution in [-0.4, -0.2) is 24.3 Å². The van der Waals surface area contributed by atoms with Crippen LogP contribution in [0, 0.1) is 5.92 Å². The average Bonchev–Trinajstić information content (AvgIpc) is 3.51. The lowest BCUT2D eigenvalue weighted by molar-refractivity contribution is -0.125. The van der Waals surface area contributed by atoms with Gasteiger partial charge in [0.05, 0.1) is 13.0 Å². The first kappa shape index (κ1) is 18.6. The van der Waals surface area contributed by atoms with Gasteiger partial charge in [-0.1, -0.05) is 42.5 Å². The Morgan fingerprint density at radius 1 is 0.852 bits per heavy atom. The van der Waals surface area contributed by atoms with Gasteiger partial charge in [-0.25, -0.2) is 0 Å². The van der Waals surface area contributed by atoms with E-state index in [0.717, 1.165) is 29.7 Å². The van der Waals surface area contributed by atoms with Gasteiger partial charge >= 0.3 is 0 Å². The van der Waals surface area contributed by atoms with Gasteiger partial charge in [0.25, 0.3) is 0 Å². The van der Waals surface area contributed by atoms with Crippen LogP contribution < -0.4 is 16.0 Å². The number of carbonyl (C=O) groups is 3. The van der Waals surface area contributed by atoms with Gasteiger partial charge < -0.3 is 16.0 Å². The second-order valence-corrected chi connectivity index (χ2v) is 6.68. The van der Waals surface area contributed by atoms with Crippen LogP contribution in [0.2, 0.25) is 0 Å². The summed E-state index contributed by atoms with van der Waals surface area (Å²) in [6.07, 6.45) is 2.16. The summed E-state index contributed by atoms with van der Waals surface area (Å²) in [6.45, 7) is 0.268. The van der Waals surface area contributed by atoms with Crippen molar-refractivity contribution in [3.63, 3.8) is 0 Å². The molecular formula is C21H23N3O3. The van der Waals surface area contributed by atoms with Crippen molar-refractivity contribution >= 4 is 23.4 Å². The Morgan fingerprint density at radius 2 is 1.59 bits per heavy atom. The van der Waals surface area contributed by atoms with E-state index < -0.39 is 0 Å². The second kappa shape index (κ2) is 8.98. The Kier molecular flexibility index (Phi) is 6.20. The van der Waals surface area contributed by atoms with Crippen LogP contribution in [0.25, 0.3) is 0 Å². The van der Waals surface area contributed by atoms with Crippen molar-refractivity contribution in [2.45, 2.75) is 25.8 Å². The molecule has 0 aromatic heterocycles. The second-order valence-electron chi connectivity index (χ2n) is 6.68. The molecule has 0 atom stereocenters. The molecule has 0 radical (unpaired) electrons. The zero-order valence-corrected chi connectivity index (χ0v) is 15.0. The molecule has 1 aliphatic carbocycles. The topological polar surface area (TPSA) is 87.3 Å². The number of benzene rings is 2. The molecule has 0 saturated heterocycles. The fourth-order valence-corrected chi connectivity index (χ4v) is 2.63. The minimum absolute atomic E-state index is 0.0531. The van der Waals surface area contributed by atoms with Gasteiger partial charge in [-0.05, 0) is 36.1 Å². The highest BCUT2D eigenvalue weighted by Crippen LogP contribution is 2.30. The van der Waals surface area contributed by atoms with E-state index in [1.54, 1.807) is 0 Å². The quantitative estimate of drug-likeness (QED) is 0.669. The Bertz CT molecular complexity index is 816. The summed E-state index contributed by atoms with van der Waals surface area (Å²) in [5.74, 6) is -0.255. The first-order chi connectivity index (χ1) is 13.1. The zero-order chi connectivity index (χ0) is 19.1. The fourth-order valence-electron chi connectivity index (χ4n) is 2.63. The maximum atomic E-state index is 11.9. The van der Waals surface area contributed by atoms with E-state index in [4.69, 9.17) is 0 Å². The molecule has 0 unspecified atom stereocenters. The van der Waals surface area contributed by atoms with E-state index in [0.29, 0.717) is 6.54 Å². The van der Waals surface area contributed by atoms with Crippen LogP contribution in [0.15, 0.2) is 54.6 Å². The van der Waals surface area contributed by atoms with E-state index in [2.05, 4.69) is 16.0 Å². The highest BCUT2D eigenvalue weighted by atomic mass is 16.2. The molecule has 3 rings (SSSR count). The zero-order valence-electron chi connectivity index (χ0n) is 15.0. The van der Waals surface area contributed by atoms with Crippen molar-refractivity contribution in [1.82, 2.24) is 10.6 Å². The maximum absolute atomic E-state index is 11.9.